The van der Waals surface area contributed by atoms with Gasteiger partial charge in [0.15, 0.2) is 0 Å². The van der Waals surface area contributed by atoms with Crippen LogP contribution in [-0.4, -0.2) is 33.1 Å². The number of rotatable bonds is 4. The lowest BCUT2D eigenvalue weighted by molar-refractivity contribution is -0.141. The molecule has 8 heteroatoms. The molecule has 124 valence electrons. The molecule has 0 aliphatic heterocycles. The first-order chi connectivity index (χ1) is 11.5. The number of hydrogen-bond acceptors (Lipinski definition) is 6. The minimum Gasteiger partial charge on any atom is -0.468 e. The van der Waals surface area contributed by atoms with Gasteiger partial charge in [0, 0.05) is 5.56 Å². The molecule has 0 spiro atoms. The molecule has 0 atom stereocenters. The van der Waals surface area contributed by atoms with E-state index < -0.39 is 5.97 Å². The molecule has 2 heterocycles. The Morgan fingerprint density at radius 3 is 2.75 bits per heavy atom. The van der Waals surface area contributed by atoms with Crippen molar-refractivity contribution in [2.75, 3.05) is 7.11 Å². The average Bonchev–Trinajstić information content (AvgIpc) is 3.13. The second-order valence-corrected chi connectivity index (χ2v) is 6.06. The minimum atomic E-state index is -0.412. The molecule has 0 N–H and O–H groups in total. The van der Waals surface area contributed by atoms with Gasteiger partial charge in [-0.3, -0.25) is 4.79 Å². The van der Waals surface area contributed by atoms with E-state index in [1.54, 1.807) is 0 Å². The smallest absolute Gasteiger partial charge is 0.327 e. The summed E-state index contributed by atoms with van der Waals surface area (Å²) in [5.74, 6) is 0.275. The fourth-order valence-electron chi connectivity index (χ4n) is 2.28. The van der Waals surface area contributed by atoms with Crippen molar-refractivity contribution in [1.82, 2.24) is 20.0 Å². The Balaban J connectivity index is 2.02. The first-order valence-corrected chi connectivity index (χ1v) is 7.99. The van der Waals surface area contributed by atoms with Gasteiger partial charge in [-0.05, 0) is 41.9 Å². The third-order valence-corrected chi connectivity index (χ3v) is 4.40. The zero-order valence-electron chi connectivity index (χ0n) is 13.4. The summed E-state index contributed by atoms with van der Waals surface area (Å²) < 4.78 is 12.7. The highest BCUT2D eigenvalue weighted by Crippen LogP contribution is 2.32. The first kappa shape index (κ1) is 16.4. The molecule has 0 amide bonds. The van der Waals surface area contributed by atoms with Gasteiger partial charge in [-0.25, -0.2) is 4.68 Å². The van der Waals surface area contributed by atoms with E-state index in [-0.39, 0.29) is 12.4 Å². The van der Waals surface area contributed by atoms with Gasteiger partial charge in [0.25, 0.3) is 5.89 Å². The maximum Gasteiger partial charge on any atom is 0.327 e. The molecule has 3 aromatic rings. The number of benzene rings is 1. The summed E-state index contributed by atoms with van der Waals surface area (Å²) in [7, 11) is 1.33. The molecular weight excluding hydrogens is 376 g/mol. The minimum absolute atomic E-state index is 0.0412. The van der Waals surface area contributed by atoms with Crippen molar-refractivity contribution in [2.24, 2.45) is 0 Å². The maximum atomic E-state index is 11.6. The second-order valence-electron chi connectivity index (χ2n) is 5.26. The van der Waals surface area contributed by atoms with Crippen molar-refractivity contribution in [1.29, 1.82) is 0 Å². The van der Waals surface area contributed by atoms with Crippen molar-refractivity contribution in [3.05, 3.63) is 40.0 Å². The fourth-order valence-corrected chi connectivity index (χ4v) is 2.73. The number of aryl methyl sites for hydroxylation is 2. The average molecular weight is 391 g/mol. The van der Waals surface area contributed by atoms with Crippen LogP contribution in [0.2, 0.25) is 0 Å². The van der Waals surface area contributed by atoms with Crippen molar-refractivity contribution in [3.8, 4) is 23.0 Å². The van der Waals surface area contributed by atoms with E-state index in [1.807, 2.05) is 38.1 Å². The van der Waals surface area contributed by atoms with Crippen molar-refractivity contribution < 1.29 is 13.9 Å². The standard InChI is InChI=1S/C16H15BrN4O3/c1-9-5-4-6-11(7-9)15-18-19-16(24-15)14-13(17)10(2)20-21(14)8-12(22)23-3/h4-7H,8H2,1-3H3. The van der Waals surface area contributed by atoms with Gasteiger partial charge in [0.05, 0.1) is 17.3 Å². The van der Waals surface area contributed by atoms with Gasteiger partial charge >= 0.3 is 5.97 Å². The van der Waals surface area contributed by atoms with Gasteiger partial charge in [0.1, 0.15) is 12.2 Å². The summed E-state index contributed by atoms with van der Waals surface area (Å²) in [6.45, 7) is 3.77. The highest BCUT2D eigenvalue weighted by Gasteiger charge is 2.22. The van der Waals surface area contributed by atoms with E-state index in [2.05, 4.69) is 31.2 Å². The first-order valence-electron chi connectivity index (χ1n) is 7.20. The van der Waals surface area contributed by atoms with E-state index in [9.17, 15) is 4.79 Å². The molecule has 0 bridgehead atoms. The second kappa shape index (κ2) is 6.56. The van der Waals surface area contributed by atoms with Gasteiger partial charge in [-0.1, -0.05) is 17.7 Å². The van der Waals surface area contributed by atoms with E-state index >= 15 is 0 Å². The molecule has 0 saturated heterocycles. The summed E-state index contributed by atoms with van der Waals surface area (Å²) in [6.07, 6.45) is 0. The van der Waals surface area contributed by atoms with Crippen molar-refractivity contribution >= 4 is 21.9 Å². The van der Waals surface area contributed by atoms with Crippen LogP contribution in [0.1, 0.15) is 11.3 Å². The number of esters is 1. The van der Waals surface area contributed by atoms with Crippen LogP contribution in [0.3, 0.4) is 0 Å². The Bertz CT molecular complexity index is 901. The highest BCUT2D eigenvalue weighted by molar-refractivity contribution is 9.10. The molecular formula is C16H15BrN4O3. The van der Waals surface area contributed by atoms with Gasteiger partial charge in [0.2, 0.25) is 5.89 Å². The summed E-state index contributed by atoms with van der Waals surface area (Å²) in [5, 5.41) is 12.5. The Labute approximate surface area is 146 Å². The highest BCUT2D eigenvalue weighted by atomic mass is 79.9. The van der Waals surface area contributed by atoms with Gasteiger partial charge in [-0.2, -0.15) is 5.10 Å². The van der Waals surface area contributed by atoms with Crippen molar-refractivity contribution in [3.63, 3.8) is 0 Å². The topological polar surface area (TPSA) is 83.0 Å². The molecule has 2 aromatic heterocycles. The lowest BCUT2D eigenvalue weighted by Gasteiger charge is -2.03. The number of carbonyl (C=O) groups excluding carboxylic acids is 1. The summed E-state index contributed by atoms with van der Waals surface area (Å²) in [6, 6.07) is 7.78. The quantitative estimate of drug-likeness (QED) is 0.636. The molecule has 0 aliphatic carbocycles. The lowest BCUT2D eigenvalue weighted by Crippen LogP contribution is -2.13. The molecule has 24 heavy (non-hydrogen) atoms. The molecule has 0 aliphatic rings. The lowest BCUT2D eigenvalue weighted by atomic mass is 10.1. The SMILES string of the molecule is COC(=O)Cn1nc(C)c(Br)c1-c1nnc(-c2cccc(C)c2)o1. The Kier molecular flexibility index (Phi) is 4.48. The normalized spacial score (nSPS) is 10.8. The Hall–Kier alpha value is -2.48. The molecule has 0 saturated carbocycles. The summed E-state index contributed by atoms with van der Waals surface area (Å²) >= 11 is 3.46. The van der Waals surface area contributed by atoms with Crippen LogP contribution in [0.25, 0.3) is 23.0 Å². The molecule has 0 unspecified atom stereocenters. The molecule has 0 radical (unpaired) electrons. The maximum absolute atomic E-state index is 11.6. The number of halogens is 1. The Morgan fingerprint density at radius 2 is 2.04 bits per heavy atom. The van der Waals surface area contributed by atoms with Crippen LogP contribution in [0.15, 0.2) is 33.2 Å². The summed E-state index contributed by atoms with van der Waals surface area (Å²) in [4.78, 5) is 11.6. The van der Waals surface area contributed by atoms with Gasteiger partial charge in [-0.15, -0.1) is 10.2 Å². The van der Waals surface area contributed by atoms with Crippen LogP contribution < -0.4 is 0 Å². The molecule has 3 rings (SSSR count). The van der Waals surface area contributed by atoms with Crippen molar-refractivity contribution in [2.45, 2.75) is 20.4 Å². The molecule has 7 nitrogen and oxygen atoms in total. The van der Waals surface area contributed by atoms with Crippen LogP contribution in [0.5, 0.6) is 0 Å². The number of methoxy groups -OCH3 is 1. The largest absolute Gasteiger partial charge is 0.468 e. The fraction of sp³-hybridized carbons (Fsp3) is 0.250. The van der Waals surface area contributed by atoms with Crippen LogP contribution in [0.4, 0.5) is 0 Å². The third kappa shape index (κ3) is 3.09. The zero-order valence-corrected chi connectivity index (χ0v) is 15.0. The van der Waals surface area contributed by atoms with Crippen LogP contribution in [-0.2, 0) is 16.1 Å². The summed E-state index contributed by atoms with van der Waals surface area (Å²) in [5.41, 5.74) is 3.19. The molecule has 1 aromatic carbocycles. The van der Waals surface area contributed by atoms with E-state index in [4.69, 9.17) is 9.15 Å². The van der Waals surface area contributed by atoms with Crippen LogP contribution in [0, 0.1) is 13.8 Å². The predicted octanol–water partition coefficient (Wildman–Crippen LogP) is 3.15. The number of aromatic nitrogens is 4. The van der Waals surface area contributed by atoms with Crippen LogP contribution >= 0.6 is 15.9 Å². The number of hydrogen-bond donors (Lipinski definition) is 0. The molecule has 0 fully saturated rings. The number of nitrogens with zero attached hydrogens (tertiary/aromatic N) is 4. The monoisotopic (exact) mass is 390 g/mol. The van der Waals surface area contributed by atoms with E-state index in [0.717, 1.165) is 11.1 Å². The van der Waals surface area contributed by atoms with Gasteiger partial charge < -0.3 is 9.15 Å². The third-order valence-electron chi connectivity index (χ3n) is 3.45. The predicted molar refractivity (Wildman–Crippen MR) is 90.1 cm³/mol. The number of ether oxygens (including phenoxy) is 1. The van der Waals surface area contributed by atoms with E-state index in [1.165, 1.54) is 11.8 Å². The van der Waals surface area contributed by atoms with E-state index in [0.29, 0.717) is 21.8 Å². The zero-order chi connectivity index (χ0) is 17.3. The Morgan fingerprint density at radius 1 is 1.29 bits per heavy atom. The number of carbonyl (C=O) groups is 1.